The van der Waals surface area contributed by atoms with Gasteiger partial charge in [0.25, 0.3) is 5.91 Å². The molecule has 7 rings (SSSR count). The van der Waals surface area contributed by atoms with Crippen molar-refractivity contribution in [3.05, 3.63) is 84.2 Å². The van der Waals surface area contributed by atoms with Gasteiger partial charge in [-0.25, -0.2) is 4.68 Å². The first-order chi connectivity index (χ1) is 18.5. The van der Waals surface area contributed by atoms with Gasteiger partial charge in [0.2, 0.25) is 0 Å². The van der Waals surface area contributed by atoms with E-state index in [9.17, 15) is 4.79 Å². The maximum Gasteiger partial charge on any atom is 0.250 e. The molecule has 5 aromatic rings. The number of pyridine rings is 1. The first kappa shape index (κ1) is 22.9. The van der Waals surface area contributed by atoms with Crippen LogP contribution in [0.2, 0.25) is 0 Å². The summed E-state index contributed by atoms with van der Waals surface area (Å²) in [5, 5.41) is 10.6. The standard InChI is InChI=1S/C31H29N5O2/c1-18-30-24(20-13-19-5-2-3-7-26(19)33-16-20)6-4-8-28(30)36(35-18)22-9-11-25(31(32)37)27(15-22)34-17-21-14-23-10-12-29(21)38-23/h2-9,11,13,15-16,21,23,29,34H,10,12,14,17H2,1H3,(H2,32,37)/t21-,23+,29-/m1/s1. The lowest BCUT2D eigenvalue weighted by molar-refractivity contribution is 0.0941. The molecule has 3 aromatic carbocycles. The SMILES string of the molecule is Cc1nn(-c2ccc(C(N)=O)c(NC[C@H]3C[C@@H]4CC[C@H]3O4)c2)c2cccc(-c3cnc4ccccc4c3)c12. The maximum atomic E-state index is 12.2. The second-order valence-corrected chi connectivity index (χ2v) is 10.5. The number of aryl methyl sites for hydroxylation is 1. The van der Waals surface area contributed by atoms with Crippen LogP contribution in [0, 0.1) is 12.8 Å². The third kappa shape index (κ3) is 3.82. The highest BCUT2D eigenvalue weighted by atomic mass is 16.5. The average Bonchev–Trinajstić information content (AvgIpc) is 3.66. The summed E-state index contributed by atoms with van der Waals surface area (Å²) in [5.74, 6) is -0.000122. The zero-order chi connectivity index (χ0) is 25.8. The summed E-state index contributed by atoms with van der Waals surface area (Å²) in [7, 11) is 0. The predicted molar refractivity (Wildman–Crippen MR) is 150 cm³/mol. The summed E-state index contributed by atoms with van der Waals surface area (Å²) in [5.41, 5.74) is 12.9. The number of aromatic nitrogens is 3. The molecular weight excluding hydrogens is 474 g/mol. The zero-order valence-electron chi connectivity index (χ0n) is 21.2. The van der Waals surface area contributed by atoms with Crippen molar-refractivity contribution >= 4 is 33.4 Å². The smallest absolute Gasteiger partial charge is 0.250 e. The van der Waals surface area contributed by atoms with E-state index >= 15 is 0 Å². The number of nitrogens with one attached hydrogen (secondary N) is 1. The van der Waals surface area contributed by atoms with Crippen molar-refractivity contribution in [2.75, 3.05) is 11.9 Å². The number of nitrogens with zero attached hydrogens (tertiary/aromatic N) is 3. The second-order valence-electron chi connectivity index (χ2n) is 10.5. The van der Waals surface area contributed by atoms with E-state index in [4.69, 9.17) is 15.6 Å². The lowest BCUT2D eigenvalue weighted by Gasteiger charge is -2.21. The minimum absolute atomic E-state index is 0.313. The quantitative estimate of drug-likeness (QED) is 0.313. The van der Waals surface area contributed by atoms with E-state index in [2.05, 4.69) is 40.6 Å². The molecule has 38 heavy (non-hydrogen) atoms. The van der Waals surface area contributed by atoms with Crippen LogP contribution in [0.15, 0.2) is 72.9 Å². The number of nitrogens with two attached hydrogens (primary N) is 1. The van der Waals surface area contributed by atoms with E-state index in [1.165, 1.54) is 0 Å². The molecular formula is C31H29N5O2. The third-order valence-corrected chi connectivity index (χ3v) is 8.08. The molecule has 3 atom stereocenters. The van der Waals surface area contributed by atoms with Crippen molar-refractivity contribution in [2.24, 2.45) is 11.7 Å². The molecule has 7 heteroatoms. The van der Waals surface area contributed by atoms with Gasteiger partial charge in [-0.3, -0.25) is 9.78 Å². The normalized spacial score (nSPS) is 20.4. The van der Waals surface area contributed by atoms with Crippen LogP contribution in [-0.2, 0) is 4.74 Å². The Bertz CT molecular complexity index is 1710. The molecule has 2 saturated heterocycles. The van der Waals surface area contributed by atoms with E-state index in [1.807, 2.05) is 48.1 Å². The minimum Gasteiger partial charge on any atom is -0.384 e. The average molecular weight is 504 g/mol. The van der Waals surface area contributed by atoms with Gasteiger partial charge in [0.1, 0.15) is 0 Å². The number of rotatable bonds is 6. The van der Waals surface area contributed by atoms with Crippen LogP contribution in [0.5, 0.6) is 0 Å². The van der Waals surface area contributed by atoms with Gasteiger partial charge in [-0.15, -0.1) is 0 Å². The van der Waals surface area contributed by atoms with Gasteiger partial charge in [-0.1, -0.05) is 30.3 Å². The Balaban J connectivity index is 1.28. The van der Waals surface area contributed by atoms with Crippen LogP contribution in [0.3, 0.4) is 0 Å². The first-order valence-electron chi connectivity index (χ1n) is 13.2. The van der Waals surface area contributed by atoms with Gasteiger partial charge in [0.15, 0.2) is 0 Å². The number of anilines is 1. The van der Waals surface area contributed by atoms with E-state index in [0.29, 0.717) is 23.7 Å². The Labute approximate surface area is 220 Å². The lowest BCUT2D eigenvalue weighted by atomic mass is 9.89. The summed E-state index contributed by atoms with van der Waals surface area (Å²) >= 11 is 0. The predicted octanol–water partition coefficient (Wildman–Crippen LogP) is 5.63. The Morgan fingerprint density at radius 3 is 2.82 bits per heavy atom. The molecule has 0 aliphatic carbocycles. The van der Waals surface area contributed by atoms with Gasteiger partial charge in [-0.2, -0.15) is 5.10 Å². The van der Waals surface area contributed by atoms with Crippen molar-refractivity contribution in [1.29, 1.82) is 0 Å². The van der Waals surface area contributed by atoms with Crippen LogP contribution < -0.4 is 11.1 Å². The molecule has 0 saturated carbocycles. The summed E-state index contributed by atoms with van der Waals surface area (Å²) in [4.78, 5) is 16.9. The minimum atomic E-state index is -0.448. The number of carbonyl (C=O) groups excluding carboxylic acids is 1. The largest absolute Gasteiger partial charge is 0.384 e. The highest BCUT2D eigenvalue weighted by molar-refractivity contribution is 6.00. The maximum absolute atomic E-state index is 12.2. The fourth-order valence-corrected chi connectivity index (χ4v) is 6.23. The fourth-order valence-electron chi connectivity index (χ4n) is 6.23. The molecule has 1 amide bonds. The Hall–Kier alpha value is -4.23. The van der Waals surface area contributed by atoms with Crippen molar-refractivity contribution in [3.63, 3.8) is 0 Å². The van der Waals surface area contributed by atoms with Crippen LogP contribution >= 0.6 is 0 Å². The molecule has 4 heterocycles. The number of fused-ring (bicyclic) bond motifs is 4. The fraction of sp³-hybridized carbons (Fsp3) is 0.258. The van der Waals surface area contributed by atoms with Crippen LogP contribution in [0.4, 0.5) is 5.69 Å². The summed E-state index contributed by atoms with van der Waals surface area (Å²) < 4.78 is 7.96. The lowest BCUT2D eigenvalue weighted by Crippen LogP contribution is -2.25. The number of carbonyl (C=O) groups is 1. The number of benzene rings is 3. The van der Waals surface area contributed by atoms with E-state index in [1.54, 1.807) is 6.07 Å². The van der Waals surface area contributed by atoms with Gasteiger partial charge in [0.05, 0.1) is 40.2 Å². The van der Waals surface area contributed by atoms with E-state index in [-0.39, 0.29) is 0 Å². The topological polar surface area (TPSA) is 95.1 Å². The molecule has 2 aliphatic heterocycles. The number of ether oxygens (including phenoxy) is 1. The Morgan fingerprint density at radius 2 is 2.00 bits per heavy atom. The van der Waals surface area contributed by atoms with Crippen molar-refractivity contribution in [2.45, 2.75) is 38.4 Å². The first-order valence-corrected chi connectivity index (χ1v) is 13.2. The molecule has 0 unspecified atom stereocenters. The second kappa shape index (κ2) is 8.96. The monoisotopic (exact) mass is 503 g/mol. The molecule has 2 fully saturated rings. The Kier molecular flexibility index (Phi) is 5.40. The van der Waals surface area contributed by atoms with Crippen LogP contribution in [0.1, 0.15) is 35.3 Å². The molecule has 7 nitrogen and oxygen atoms in total. The highest BCUT2D eigenvalue weighted by Crippen LogP contribution is 2.39. The molecule has 2 aromatic heterocycles. The number of hydrogen-bond donors (Lipinski definition) is 2. The van der Waals surface area contributed by atoms with E-state index < -0.39 is 5.91 Å². The van der Waals surface area contributed by atoms with Gasteiger partial charge in [-0.05, 0) is 68.1 Å². The van der Waals surface area contributed by atoms with Crippen molar-refractivity contribution in [1.82, 2.24) is 14.8 Å². The highest BCUT2D eigenvalue weighted by Gasteiger charge is 2.40. The molecule has 190 valence electrons. The molecule has 0 spiro atoms. The molecule has 2 aliphatic rings. The van der Waals surface area contributed by atoms with E-state index in [0.717, 1.165) is 75.8 Å². The molecule has 0 radical (unpaired) electrons. The molecule has 2 bridgehead atoms. The number of amides is 1. The summed E-state index contributed by atoms with van der Waals surface area (Å²) in [6.45, 7) is 2.78. The number of primary amides is 1. The molecule has 3 N–H and O–H groups in total. The van der Waals surface area contributed by atoms with Gasteiger partial charge in [0, 0.05) is 40.7 Å². The van der Waals surface area contributed by atoms with Crippen molar-refractivity contribution < 1.29 is 9.53 Å². The van der Waals surface area contributed by atoms with Gasteiger partial charge >= 0.3 is 0 Å². The zero-order valence-corrected chi connectivity index (χ0v) is 21.2. The van der Waals surface area contributed by atoms with Crippen LogP contribution in [0.25, 0.3) is 38.6 Å². The Morgan fingerprint density at radius 1 is 1.11 bits per heavy atom. The number of hydrogen-bond acceptors (Lipinski definition) is 5. The summed E-state index contributed by atoms with van der Waals surface area (Å²) in [6, 6.07) is 22.2. The van der Waals surface area contributed by atoms with Crippen LogP contribution in [-0.4, -0.2) is 39.4 Å². The van der Waals surface area contributed by atoms with Crippen molar-refractivity contribution in [3.8, 4) is 16.8 Å². The summed E-state index contributed by atoms with van der Waals surface area (Å²) in [6.07, 6.45) is 5.97. The third-order valence-electron chi connectivity index (χ3n) is 8.08. The number of para-hydroxylation sites is 1. The van der Waals surface area contributed by atoms with Gasteiger partial charge < -0.3 is 15.8 Å².